The van der Waals surface area contributed by atoms with E-state index in [1.54, 1.807) is 12.1 Å². The van der Waals surface area contributed by atoms with Crippen LogP contribution in [-0.2, 0) is 6.42 Å². The molecule has 2 N–H and O–H groups in total. The molecule has 0 spiro atoms. The first-order valence-corrected chi connectivity index (χ1v) is 6.07. The molecule has 6 heteroatoms. The Hall–Kier alpha value is -1.98. The van der Waals surface area contributed by atoms with Gasteiger partial charge in [-0.2, -0.15) is 0 Å². The largest absolute Gasteiger partial charge is 0.396 e. The molecule has 0 radical (unpaired) electrons. The smallest absolute Gasteiger partial charge is 0.276 e. The average molecular weight is 278 g/mol. The summed E-state index contributed by atoms with van der Waals surface area (Å²) < 4.78 is 0. The minimum Gasteiger partial charge on any atom is -0.396 e. The fourth-order valence-electron chi connectivity index (χ4n) is 1.52. The Bertz CT molecular complexity index is 555. The maximum atomic E-state index is 11.8. The van der Waals surface area contributed by atoms with E-state index in [2.05, 4.69) is 15.5 Å². The van der Waals surface area contributed by atoms with E-state index in [9.17, 15) is 4.79 Å². The zero-order valence-electron chi connectivity index (χ0n) is 10.0. The van der Waals surface area contributed by atoms with E-state index in [-0.39, 0.29) is 23.4 Å². The summed E-state index contributed by atoms with van der Waals surface area (Å²) in [5.41, 5.74) is 1.86. The number of hydrogen-bond acceptors (Lipinski definition) is 4. The van der Waals surface area contributed by atoms with Crippen LogP contribution in [-0.4, -0.2) is 27.8 Å². The van der Waals surface area contributed by atoms with E-state index in [4.69, 9.17) is 16.7 Å². The van der Waals surface area contributed by atoms with Crippen LogP contribution in [0.2, 0.25) is 5.15 Å². The highest BCUT2D eigenvalue weighted by molar-refractivity contribution is 6.29. The normalized spacial score (nSPS) is 10.2. The highest BCUT2D eigenvalue weighted by Crippen LogP contribution is 2.11. The Morgan fingerprint density at radius 1 is 1.16 bits per heavy atom. The van der Waals surface area contributed by atoms with Gasteiger partial charge in [0.05, 0.1) is 0 Å². The monoisotopic (exact) mass is 277 g/mol. The van der Waals surface area contributed by atoms with Crippen molar-refractivity contribution in [2.75, 3.05) is 11.9 Å². The fraction of sp³-hybridized carbons (Fsp3) is 0.154. The molecule has 1 aromatic heterocycles. The molecule has 0 bridgehead atoms. The van der Waals surface area contributed by atoms with Crippen LogP contribution in [0, 0.1) is 0 Å². The van der Waals surface area contributed by atoms with Crippen molar-refractivity contribution >= 4 is 23.2 Å². The molecule has 0 fully saturated rings. The van der Waals surface area contributed by atoms with Crippen LogP contribution >= 0.6 is 11.6 Å². The molecule has 1 aromatic carbocycles. The number of benzene rings is 1. The number of carbonyl (C=O) groups is 1. The number of anilines is 1. The number of rotatable bonds is 4. The summed E-state index contributed by atoms with van der Waals surface area (Å²) in [6.07, 6.45) is 0.594. The zero-order valence-corrected chi connectivity index (χ0v) is 10.8. The number of hydrogen-bond donors (Lipinski definition) is 2. The Labute approximate surface area is 115 Å². The van der Waals surface area contributed by atoms with Crippen molar-refractivity contribution in [3.63, 3.8) is 0 Å². The van der Waals surface area contributed by atoms with Gasteiger partial charge in [-0.25, -0.2) is 0 Å². The van der Waals surface area contributed by atoms with Gasteiger partial charge in [0.1, 0.15) is 0 Å². The summed E-state index contributed by atoms with van der Waals surface area (Å²) in [5.74, 6) is -0.348. The Morgan fingerprint density at radius 2 is 1.89 bits per heavy atom. The lowest BCUT2D eigenvalue weighted by molar-refractivity contribution is 0.102. The van der Waals surface area contributed by atoms with Gasteiger partial charge in [0.2, 0.25) is 0 Å². The number of amides is 1. The molecule has 2 rings (SSSR count). The van der Waals surface area contributed by atoms with Gasteiger partial charge in [0.25, 0.3) is 5.91 Å². The van der Waals surface area contributed by atoms with Crippen LogP contribution in [0.15, 0.2) is 36.4 Å². The molecule has 5 nitrogen and oxygen atoms in total. The molecule has 0 saturated heterocycles. The molecule has 1 heterocycles. The van der Waals surface area contributed by atoms with Crippen molar-refractivity contribution in [3.8, 4) is 0 Å². The van der Waals surface area contributed by atoms with Gasteiger partial charge in [-0.1, -0.05) is 23.7 Å². The van der Waals surface area contributed by atoms with E-state index in [1.165, 1.54) is 12.1 Å². The molecular formula is C13H12ClN3O2. The number of aromatic nitrogens is 2. The maximum Gasteiger partial charge on any atom is 0.276 e. The molecule has 0 aliphatic carbocycles. The highest BCUT2D eigenvalue weighted by Gasteiger charge is 2.08. The van der Waals surface area contributed by atoms with Gasteiger partial charge in [-0.3, -0.25) is 4.79 Å². The number of carbonyl (C=O) groups excluding carboxylic acids is 1. The molecule has 0 saturated carbocycles. The number of halogens is 1. The predicted molar refractivity (Wildman–Crippen MR) is 72.2 cm³/mol. The minimum atomic E-state index is -0.348. The van der Waals surface area contributed by atoms with Gasteiger partial charge < -0.3 is 10.4 Å². The third kappa shape index (κ3) is 3.74. The second-order valence-corrected chi connectivity index (χ2v) is 4.25. The summed E-state index contributed by atoms with van der Waals surface area (Å²) in [6, 6.07) is 10.2. The summed E-state index contributed by atoms with van der Waals surface area (Å²) in [5, 5.41) is 19.1. The van der Waals surface area contributed by atoms with Crippen LogP contribution in [0.5, 0.6) is 0 Å². The van der Waals surface area contributed by atoms with Gasteiger partial charge in [0.15, 0.2) is 10.8 Å². The lowest BCUT2D eigenvalue weighted by Gasteiger charge is -2.05. The third-order valence-corrected chi connectivity index (χ3v) is 2.68. The minimum absolute atomic E-state index is 0.103. The van der Waals surface area contributed by atoms with Crippen molar-refractivity contribution in [1.82, 2.24) is 10.2 Å². The number of aliphatic hydroxyl groups excluding tert-OH is 1. The first-order chi connectivity index (χ1) is 9.19. The van der Waals surface area contributed by atoms with Gasteiger partial charge in [-0.15, -0.1) is 10.2 Å². The van der Waals surface area contributed by atoms with Crippen molar-refractivity contribution < 1.29 is 9.90 Å². The molecule has 0 aliphatic rings. The molecule has 1 amide bonds. The van der Waals surface area contributed by atoms with E-state index < -0.39 is 0 Å². The summed E-state index contributed by atoms with van der Waals surface area (Å²) in [6.45, 7) is 0.103. The number of nitrogens with zero attached hydrogens (tertiary/aromatic N) is 2. The average Bonchev–Trinajstić information content (AvgIpc) is 2.42. The first-order valence-electron chi connectivity index (χ1n) is 5.69. The fourth-order valence-corrected chi connectivity index (χ4v) is 1.62. The Balaban J connectivity index is 2.04. The van der Waals surface area contributed by atoms with Crippen molar-refractivity contribution in [2.45, 2.75) is 6.42 Å². The Morgan fingerprint density at radius 3 is 2.47 bits per heavy atom. The molecule has 0 atom stereocenters. The predicted octanol–water partition coefficient (Wildman–Crippen LogP) is 1.92. The lowest BCUT2D eigenvalue weighted by Crippen LogP contribution is -2.14. The number of aliphatic hydroxyl groups is 1. The summed E-state index contributed by atoms with van der Waals surface area (Å²) in [7, 11) is 0. The zero-order chi connectivity index (χ0) is 13.7. The topological polar surface area (TPSA) is 75.1 Å². The lowest BCUT2D eigenvalue weighted by atomic mass is 10.1. The second-order valence-electron chi connectivity index (χ2n) is 3.87. The second kappa shape index (κ2) is 6.26. The van der Waals surface area contributed by atoms with Crippen LogP contribution in [0.1, 0.15) is 16.1 Å². The summed E-state index contributed by atoms with van der Waals surface area (Å²) in [4.78, 5) is 11.8. The van der Waals surface area contributed by atoms with Crippen LogP contribution in [0.3, 0.4) is 0 Å². The van der Waals surface area contributed by atoms with E-state index in [1.807, 2.05) is 12.1 Å². The highest BCUT2D eigenvalue weighted by atomic mass is 35.5. The first kappa shape index (κ1) is 13.5. The molecule has 0 unspecified atom stereocenters. The van der Waals surface area contributed by atoms with Crippen LogP contribution in [0.25, 0.3) is 0 Å². The van der Waals surface area contributed by atoms with Gasteiger partial charge in [0, 0.05) is 12.3 Å². The number of nitrogens with one attached hydrogen (secondary N) is 1. The van der Waals surface area contributed by atoms with Crippen LogP contribution in [0.4, 0.5) is 5.69 Å². The van der Waals surface area contributed by atoms with E-state index >= 15 is 0 Å². The van der Waals surface area contributed by atoms with Gasteiger partial charge >= 0.3 is 0 Å². The van der Waals surface area contributed by atoms with Gasteiger partial charge in [-0.05, 0) is 36.2 Å². The quantitative estimate of drug-likeness (QED) is 0.895. The van der Waals surface area contributed by atoms with E-state index in [0.29, 0.717) is 12.1 Å². The maximum absolute atomic E-state index is 11.8. The molecule has 19 heavy (non-hydrogen) atoms. The third-order valence-electron chi connectivity index (χ3n) is 2.48. The summed E-state index contributed by atoms with van der Waals surface area (Å²) >= 11 is 5.60. The van der Waals surface area contributed by atoms with Crippen molar-refractivity contribution in [2.24, 2.45) is 0 Å². The molecule has 2 aromatic rings. The van der Waals surface area contributed by atoms with E-state index in [0.717, 1.165) is 5.56 Å². The van der Waals surface area contributed by atoms with Crippen molar-refractivity contribution in [3.05, 3.63) is 52.8 Å². The molecule has 98 valence electrons. The van der Waals surface area contributed by atoms with Crippen LogP contribution < -0.4 is 5.32 Å². The Kier molecular flexibility index (Phi) is 4.43. The standard InChI is InChI=1S/C13H12ClN3O2/c14-12-6-5-11(16-17-12)13(19)15-10-3-1-9(2-4-10)7-8-18/h1-6,18H,7-8H2,(H,15,19). The van der Waals surface area contributed by atoms with Crippen molar-refractivity contribution in [1.29, 1.82) is 0 Å². The SMILES string of the molecule is O=C(Nc1ccc(CCO)cc1)c1ccc(Cl)nn1. The molecular weight excluding hydrogens is 266 g/mol. The molecule has 0 aliphatic heterocycles.